The number of ether oxygens (including phenoxy) is 1. The van der Waals surface area contributed by atoms with Gasteiger partial charge in [0.25, 0.3) is 0 Å². The first-order chi connectivity index (χ1) is 16.8. The van der Waals surface area contributed by atoms with Gasteiger partial charge in [-0.2, -0.15) is 4.31 Å². The van der Waals surface area contributed by atoms with Crippen LogP contribution in [0.3, 0.4) is 0 Å². The van der Waals surface area contributed by atoms with Crippen molar-refractivity contribution in [1.29, 1.82) is 0 Å². The van der Waals surface area contributed by atoms with E-state index in [2.05, 4.69) is 20.9 Å². The number of rotatable bonds is 7. The highest BCUT2D eigenvalue weighted by Gasteiger charge is 2.38. The Morgan fingerprint density at radius 3 is 2.71 bits per heavy atom. The monoisotopic (exact) mass is 500 g/mol. The van der Waals surface area contributed by atoms with Crippen molar-refractivity contribution in [3.63, 3.8) is 0 Å². The second kappa shape index (κ2) is 11.2. The maximum Gasteiger partial charge on any atom is 0.247 e. The molecule has 2 heterocycles. The lowest BCUT2D eigenvalue weighted by molar-refractivity contribution is 0.0733. The number of aliphatic hydroxyl groups is 1. The Balaban J connectivity index is 1.69. The number of sulfonamides is 1. The third-order valence-corrected chi connectivity index (χ3v) is 8.91. The van der Waals surface area contributed by atoms with Crippen molar-refractivity contribution >= 4 is 15.6 Å². The fraction of sp³-hybridized carbons (Fsp3) is 0.538. The van der Waals surface area contributed by atoms with Gasteiger partial charge in [0.15, 0.2) is 0 Å². The van der Waals surface area contributed by atoms with E-state index in [0.29, 0.717) is 18.8 Å². The molecule has 2 aliphatic rings. The number of aliphatic hydroxyl groups excluding tert-OH is 1. The molecule has 190 valence electrons. The van der Waals surface area contributed by atoms with Gasteiger partial charge < -0.3 is 9.84 Å². The molecule has 3 atom stereocenters. The number of likely N-dealkylation sites (N-methyl/N-ethyl adjacent to an activating group) is 1. The third kappa shape index (κ3) is 5.91. The summed E-state index contributed by atoms with van der Waals surface area (Å²) in [4.78, 5) is 10.5. The number of nitrogens with zero attached hydrogens (tertiary/aromatic N) is 4. The Labute approximate surface area is 208 Å². The number of hydrogen-bond acceptors (Lipinski definition) is 7. The SMILES string of the molecule is C[C@@H]1CN([C@H](C)CO)S(=O)(=O)c2ccc(C3=CCCCC3)cc2O[C@@H]1CN(C)Cc1cncnc1. The Kier molecular flexibility index (Phi) is 8.21. The Morgan fingerprint density at radius 2 is 2.03 bits per heavy atom. The van der Waals surface area contributed by atoms with Crippen LogP contribution >= 0.6 is 0 Å². The molecule has 4 rings (SSSR count). The summed E-state index contributed by atoms with van der Waals surface area (Å²) in [7, 11) is -1.83. The average molecular weight is 501 g/mol. The molecule has 9 heteroatoms. The van der Waals surface area contributed by atoms with Crippen LogP contribution < -0.4 is 4.74 Å². The lowest BCUT2D eigenvalue weighted by Gasteiger charge is -2.37. The number of hydrogen-bond donors (Lipinski definition) is 1. The molecule has 8 nitrogen and oxygen atoms in total. The topological polar surface area (TPSA) is 95.9 Å². The molecule has 1 aromatic heterocycles. The quantitative estimate of drug-likeness (QED) is 0.623. The molecule has 0 spiro atoms. The highest BCUT2D eigenvalue weighted by Crippen LogP contribution is 2.37. The molecule has 2 aromatic rings. The van der Waals surface area contributed by atoms with Gasteiger partial charge in [0.2, 0.25) is 10.0 Å². The molecule has 0 radical (unpaired) electrons. The van der Waals surface area contributed by atoms with E-state index in [9.17, 15) is 13.5 Å². The predicted molar refractivity (Wildman–Crippen MR) is 135 cm³/mol. The maximum atomic E-state index is 13.7. The first kappa shape index (κ1) is 25.8. The normalized spacial score (nSPS) is 23.5. The summed E-state index contributed by atoms with van der Waals surface area (Å²) in [6, 6.07) is 4.92. The van der Waals surface area contributed by atoms with E-state index < -0.39 is 16.1 Å². The van der Waals surface area contributed by atoms with Gasteiger partial charge in [-0.25, -0.2) is 18.4 Å². The second-order valence-electron chi connectivity index (χ2n) is 9.82. The molecule has 35 heavy (non-hydrogen) atoms. The van der Waals surface area contributed by atoms with Crippen LogP contribution in [0.15, 0.2) is 47.9 Å². The van der Waals surface area contributed by atoms with Crippen LogP contribution in [-0.4, -0.2) is 71.6 Å². The predicted octanol–water partition coefficient (Wildman–Crippen LogP) is 3.33. The first-order valence-corrected chi connectivity index (χ1v) is 13.8. The minimum Gasteiger partial charge on any atom is -0.487 e. The van der Waals surface area contributed by atoms with Gasteiger partial charge in [0, 0.05) is 49.6 Å². The van der Waals surface area contributed by atoms with Crippen molar-refractivity contribution in [3.8, 4) is 5.75 Å². The lowest BCUT2D eigenvalue weighted by Crippen LogP contribution is -2.49. The van der Waals surface area contributed by atoms with Gasteiger partial charge >= 0.3 is 0 Å². The van der Waals surface area contributed by atoms with E-state index in [4.69, 9.17) is 4.74 Å². The highest BCUT2D eigenvalue weighted by molar-refractivity contribution is 7.89. The molecule has 0 fully saturated rings. The minimum atomic E-state index is -3.84. The van der Waals surface area contributed by atoms with Crippen LogP contribution in [0.25, 0.3) is 5.57 Å². The lowest BCUT2D eigenvalue weighted by atomic mass is 9.93. The molecule has 1 N–H and O–H groups in total. The number of allylic oxidation sites excluding steroid dienone is 2. The van der Waals surface area contributed by atoms with Crippen molar-refractivity contribution in [2.75, 3.05) is 26.7 Å². The minimum absolute atomic E-state index is 0.0982. The van der Waals surface area contributed by atoms with Crippen LogP contribution in [0.2, 0.25) is 0 Å². The summed E-state index contributed by atoms with van der Waals surface area (Å²) in [6.45, 7) is 5.03. The van der Waals surface area contributed by atoms with Crippen LogP contribution in [0.1, 0.15) is 50.7 Å². The van der Waals surface area contributed by atoms with Crippen molar-refractivity contribution in [2.45, 2.75) is 63.1 Å². The van der Waals surface area contributed by atoms with E-state index in [1.165, 1.54) is 22.6 Å². The van der Waals surface area contributed by atoms with Gasteiger partial charge in [-0.05, 0) is 62.9 Å². The number of benzene rings is 1. The Bertz CT molecular complexity index is 1140. The molecule has 1 aliphatic heterocycles. The molecular weight excluding hydrogens is 464 g/mol. The molecule has 0 saturated heterocycles. The third-order valence-electron chi connectivity index (χ3n) is 6.89. The van der Waals surface area contributed by atoms with Crippen LogP contribution in [0, 0.1) is 5.92 Å². The summed E-state index contributed by atoms with van der Waals surface area (Å²) in [5, 5.41) is 9.84. The van der Waals surface area contributed by atoms with E-state index in [0.717, 1.165) is 30.4 Å². The van der Waals surface area contributed by atoms with Gasteiger partial charge in [-0.3, -0.25) is 4.90 Å². The molecule has 0 amide bonds. The van der Waals surface area contributed by atoms with Crippen molar-refractivity contribution in [1.82, 2.24) is 19.2 Å². The van der Waals surface area contributed by atoms with Gasteiger partial charge in [-0.1, -0.05) is 19.1 Å². The average Bonchev–Trinajstić information content (AvgIpc) is 2.86. The van der Waals surface area contributed by atoms with Gasteiger partial charge in [0.05, 0.1) is 6.61 Å². The summed E-state index contributed by atoms with van der Waals surface area (Å²) < 4.78 is 35.3. The molecular formula is C26H36N4O4S. The second-order valence-corrected chi connectivity index (χ2v) is 11.7. The Morgan fingerprint density at radius 1 is 1.26 bits per heavy atom. The van der Waals surface area contributed by atoms with Gasteiger partial charge in [0.1, 0.15) is 23.1 Å². The first-order valence-electron chi connectivity index (χ1n) is 12.3. The number of aromatic nitrogens is 2. The van der Waals surface area contributed by atoms with Crippen LogP contribution in [-0.2, 0) is 16.6 Å². The number of fused-ring (bicyclic) bond motifs is 1. The zero-order chi connectivity index (χ0) is 25.0. The molecule has 1 aromatic carbocycles. The molecule has 0 unspecified atom stereocenters. The fourth-order valence-electron chi connectivity index (χ4n) is 4.84. The van der Waals surface area contributed by atoms with Crippen molar-refractivity contribution < 1.29 is 18.3 Å². The zero-order valence-corrected chi connectivity index (χ0v) is 21.6. The molecule has 0 saturated carbocycles. The van der Waals surface area contributed by atoms with Crippen molar-refractivity contribution in [2.24, 2.45) is 5.92 Å². The molecule has 1 aliphatic carbocycles. The largest absolute Gasteiger partial charge is 0.487 e. The summed E-state index contributed by atoms with van der Waals surface area (Å²) in [5.74, 6) is 0.288. The standard InChI is InChI=1S/C26H36N4O4S/c1-19-14-30(20(2)17-31)35(32,33)26-10-9-23(22-7-5-4-6-8-22)11-24(26)34-25(19)16-29(3)15-21-12-27-18-28-13-21/h7,9-13,18-20,25,31H,4-6,8,14-17H2,1-3H3/t19-,20-,25-/m1/s1. The van der Waals surface area contributed by atoms with E-state index >= 15 is 0 Å². The summed E-state index contributed by atoms with van der Waals surface area (Å²) in [6.07, 6.45) is 11.5. The van der Waals surface area contributed by atoms with E-state index in [1.54, 1.807) is 25.4 Å². The van der Waals surface area contributed by atoms with Gasteiger partial charge in [-0.15, -0.1) is 0 Å². The van der Waals surface area contributed by atoms with E-state index in [1.807, 2.05) is 26.1 Å². The smallest absolute Gasteiger partial charge is 0.247 e. The molecule has 0 bridgehead atoms. The summed E-state index contributed by atoms with van der Waals surface area (Å²) >= 11 is 0. The van der Waals surface area contributed by atoms with E-state index in [-0.39, 0.29) is 30.1 Å². The maximum absolute atomic E-state index is 13.7. The fourth-order valence-corrected chi connectivity index (χ4v) is 6.66. The van der Waals surface area contributed by atoms with Crippen LogP contribution in [0.5, 0.6) is 5.75 Å². The zero-order valence-electron chi connectivity index (χ0n) is 20.8. The van der Waals surface area contributed by atoms with Crippen molar-refractivity contribution in [3.05, 3.63) is 54.1 Å². The summed E-state index contributed by atoms with van der Waals surface area (Å²) in [5.41, 5.74) is 3.26. The highest BCUT2D eigenvalue weighted by atomic mass is 32.2. The van der Waals surface area contributed by atoms with Crippen LogP contribution in [0.4, 0.5) is 0 Å². The Hall–Kier alpha value is -2.33.